The van der Waals surface area contributed by atoms with Crippen molar-refractivity contribution in [2.45, 2.75) is 13.5 Å². The third-order valence-electron chi connectivity index (χ3n) is 4.42. The summed E-state index contributed by atoms with van der Waals surface area (Å²) in [5.41, 5.74) is 2.39. The second-order valence-corrected chi connectivity index (χ2v) is 7.38. The molecule has 4 heterocycles. The number of fused-ring (bicyclic) bond motifs is 1. The summed E-state index contributed by atoms with van der Waals surface area (Å²) in [5.74, 6) is 0.142. The molecule has 0 spiro atoms. The number of nitrogens with one attached hydrogen (secondary N) is 1. The highest BCUT2D eigenvalue weighted by Gasteiger charge is 2.17. The summed E-state index contributed by atoms with van der Waals surface area (Å²) in [4.78, 5) is 29.3. The van der Waals surface area contributed by atoms with E-state index in [0.717, 1.165) is 0 Å². The monoisotopic (exact) mass is 421 g/mol. The SMILES string of the molecule is Cc1cc(NC(=O)Cn2c(=O)oc3ccccc32)n(-c2nc(-c3ccco3)cs2)n1. The largest absolute Gasteiger partial charge is 0.463 e. The third kappa shape index (κ3) is 3.22. The number of aromatic nitrogens is 4. The minimum atomic E-state index is -0.584. The lowest BCUT2D eigenvalue weighted by Crippen LogP contribution is -2.25. The molecule has 5 rings (SSSR count). The molecule has 10 heteroatoms. The summed E-state index contributed by atoms with van der Waals surface area (Å²) in [7, 11) is 0. The molecule has 0 saturated carbocycles. The molecular weight excluding hydrogens is 406 g/mol. The molecule has 4 aromatic heterocycles. The molecule has 0 bridgehead atoms. The predicted molar refractivity (Wildman–Crippen MR) is 111 cm³/mol. The zero-order chi connectivity index (χ0) is 20.7. The third-order valence-corrected chi connectivity index (χ3v) is 5.24. The van der Waals surface area contributed by atoms with Crippen LogP contribution in [0.4, 0.5) is 5.82 Å². The summed E-state index contributed by atoms with van der Waals surface area (Å²) < 4.78 is 13.4. The number of thiazole rings is 1. The van der Waals surface area contributed by atoms with Crippen molar-refractivity contribution in [2.75, 3.05) is 5.32 Å². The Morgan fingerprint density at radius 1 is 1.23 bits per heavy atom. The molecule has 5 aromatic rings. The lowest BCUT2D eigenvalue weighted by molar-refractivity contribution is -0.116. The maximum atomic E-state index is 12.7. The van der Waals surface area contributed by atoms with Crippen molar-refractivity contribution < 1.29 is 13.6 Å². The Morgan fingerprint density at radius 3 is 2.93 bits per heavy atom. The molecule has 30 heavy (non-hydrogen) atoms. The van der Waals surface area contributed by atoms with Crippen molar-refractivity contribution in [1.82, 2.24) is 19.3 Å². The molecule has 0 aliphatic heterocycles. The number of carbonyl (C=O) groups is 1. The fourth-order valence-electron chi connectivity index (χ4n) is 3.12. The number of amides is 1. The van der Waals surface area contributed by atoms with E-state index in [-0.39, 0.29) is 12.5 Å². The molecule has 9 nitrogen and oxygen atoms in total. The summed E-state index contributed by atoms with van der Waals surface area (Å²) in [6, 6.07) is 12.3. The van der Waals surface area contributed by atoms with Gasteiger partial charge in [0.25, 0.3) is 0 Å². The van der Waals surface area contributed by atoms with Crippen molar-refractivity contribution >= 4 is 34.2 Å². The van der Waals surface area contributed by atoms with Crippen LogP contribution in [0, 0.1) is 6.92 Å². The molecule has 0 aliphatic carbocycles. The van der Waals surface area contributed by atoms with Crippen LogP contribution in [-0.2, 0) is 11.3 Å². The number of rotatable bonds is 5. The molecule has 0 aliphatic rings. The van der Waals surface area contributed by atoms with Crippen LogP contribution in [0.25, 0.3) is 27.7 Å². The molecule has 1 aromatic carbocycles. The van der Waals surface area contributed by atoms with Crippen LogP contribution in [0.2, 0.25) is 0 Å². The highest BCUT2D eigenvalue weighted by Crippen LogP contribution is 2.26. The highest BCUT2D eigenvalue weighted by molar-refractivity contribution is 7.12. The second-order valence-electron chi connectivity index (χ2n) is 6.55. The van der Waals surface area contributed by atoms with E-state index in [1.807, 2.05) is 18.4 Å². The summed E-state index contributed by atoms with van der Waals surface area (Å²) in [6.45, 7) is 1.64. The number of nitrogens with zero attached hydrogens (tertiary/aromatic N) is 4. The van der Waals surface area contributed by atoms with Crippen molar-refractivity contribution in [3.8, 4) is 16.6 Å². The molecule has 0 unspecified atom stereocenters. The Labute approximate surface area is 173 Å². The fourth-order valence-corrected chi connectivity index (χ4v) is 3.90. The number of benzene rings is 1. The first-order chi connectivity index (χ1) is 14.6. The number of aryl methyl sites for hydroxylation is 1. The van der Waals surface area contributed by atoms with Crippen LogP contribution in [0.1, 0.15) is 5.69 Å². The molecular formula is C20H15N5O4S. The van der Waals surface area contributed by atoms with Gasteiger partial charge in [0, 0.05) is 11.4 Å². The van der Waals surface area contributed by atoms with Crippen LogP contribution in [0.5, 0.6) is 0 Å². The van der Waals surface area contributed by atoms with E-state index in [9.17, 15) is 9.59 Å². The van der Waals surface area contributed by atoms with Gasteiger partial charge in [-0.1, -0.05) is 12.1 Å². The number of hydrogen-bond donors (Lipinski definition) is 1. The maximum Gasteiger partial charge on any atom is 0.420 e. The topological polar surface area (TPSA) is 108 Å². The number of anilines is 1. The minimum absolute atomic E-state index is 0.185. The number of furan rings is 1. The standard InChI is InChI=1S/C20H15N5O4S/c1-12-9-17(25(23-12)19-21-13(11-30-19)15-7-4-8-28-15)22-18(26)10-24-14-5-2-3-6-16(14)29-20(24)27/h2-9,11H,10H2,1H3,(H,22,26). The number of oxazole rings is 1. The molecule has 0 fully saturated rings. The van der Waals surface area contributed by atoms with Crippen LogP contribution in [0.15, 0.2) is 67.7 Å². The normalized spacial score (nSPS) is 11.2. The van der Waals surface area contributed by atoms with Gasteiger partial charge in [0.15, 0.2) is 11.3 Å². The highest BCUT2D eigenvalue weighted by atomic mass is 32.1. The van der Waals surface area contributed by atoms with Crippen molar-refractivity contribution in [2.24, 2.45) is 0 Å². The van der Waals surface area contributed by atoms with Crippen LogP contribution in [0.3, 0.4) is 0 Å². The smallest absolute Gasteiger partial charge is 0.420 e. The zero-order valence-electron chi connectivity index (χ0n) is 15.7. The van der Waals surface area contributed by atoms with Crippen LogP contribution >= 0.6 is 11.3 Å². The first kappa shape index (κ1) is 18.1. The van der Waals surface area contributed by atoms with Crippen molar-refractivity contribution in [3.63, 3.8) is 0 Å². The Hall–Kier alpha value is -3.92. The minimum Gasteiger partial charge on any atom is -0.463 e. The number of carbonyl (C=O) groups excluding carboxylic acids is 1. The van der Waals surface area contributed by atoms with E-state index in [4.69, 9.17) is 8.83 Å². The second kappa shape index (κ2) is 7.16. The van der Waals surface area contributed by atoms with Crippen LogP contribution < -0.4 is 11.1 Å². The number of hydrogen-bond acceptors (Lipinski definition) is 7. The van der Waals surface area contributed by atoms with Gasteiger partial charge in [-0.3, -0.25) is 9.36 Å². The Kier molecular flexibility index (Phi) is 4.32. The van der Waals surface area contributed by atoms with E-state index < -0.39 is 5.76 Å². The van der Waals surface area contributed by atoms with Gasteiger partial charge in [-0.05, 0) is 31.2 Å². The quantitative estimate of drug-likeness (QED) is 0.466. The van der Waals surface area contributed by atoms with Crippen molar-refractivity contribution in [1.29, 1.82) is 0 Å². The Balaban J connectivity index is 1.41. The average Bonchev–Trinajstić information content (AvgIpc) is 3.49. The van der Waals surface area contributed by atoms with E-state index in [0.29, 0.717) is 39.2 Å². The van der Waals surface area contributed by atoms with Crippen LogP contribution in [-0.4, -0.2) is 25.2 Å². The van der Waals surface area contributed by atoms with Gasteiger partial charge >= 0.3 is 5.76 Å². The van der Waals surface area contributed by atoms with Gasteiger partial charge in [-0.2, -0.15) is 9.78 Å². The Morgan fingerprint density at radius 2 is 2.10 bits per heavy atom. The van der Waals surface area contributed by atoms with Crippen molar-refractivity contribution in [3.05, 3.63) is 70.4 Å². The fraction of sp³-hybridized carbons (Fsp3) is 0.100. The summed E-state index contributed by atoms with van der Waals surface area (Å²) >= 11 is 1.37. The van der Waals surface area contributed by atoms with Gasteiger partial charge in [-0.25, -0.2) is 9.78 Å². The van der Waals surface area contributed by atoms with Gasteiger partial charge in [-0.15, -0.1) is 11.3 Å². The molecule has 1 amide bonds. The van der Waals surface area contributed by atoms with E-state index in [2.05, 4.69) is 15.4 Å². The molecule has 0 atom stereocenters. The predicted octanol–water partition coefficient (Wildman–Crippen LogP) is 3.44. The van der Waals surface area contributed by atoms with Gasteiger partial charge < -0.3 is 14.2 Å². The molecule has 0 radical (unpaired) electrons. The van der Waals surface area contributed by atoms with Gasteiger partial charge in [0.05, 0.1) is 17.5 Å². The summed E-state index contributed by atoms with van der Waals surface area (Å²) in [6.07, 6.45) is 1.58. The molecule has 1 N–H and O–H groups in total. The Bertz CT molecular complexity index is 1410. The van der Waals surface area contributed by atoms with E-state index in [1.165, 1.54) is 15.9 Å². The lowest BCUT2D eigenvalue weighted by atomic mass is 10.3. The summed E-state index contributed by atoms with van der Waals surface area (Å²) in [5, 5.41) is 9.67. The van der Waals surface area contributed by atoms with Gasteiger partial charge in [0.2, 0.25) is 11.0 Å². The first-order valence-electron chi connectivity index (χ1n) is 9.03. The molecule has 150 valence electrons. The average molecular weight is 421 g/mol. The zero-order valence-corrected chi connectivity index (χ0v) is 16.5. The van der Waals surface area contributed by atoms with E-state index in [1.54, 1.807) is 47.3 Å². The molecule has 0 saturated heterocycles. The van der Waals surface area contributed by atoms with Gasteiger partial charge in [0.1, 0.15) is 18.1 Å². The maximum absolute atomic E-state index is 12.7. The lowest BCUT2D eigenvalue weighted by Gasteiger charge is -2.07. The first-order valence-corrected chi connectivity index (χ1v) is 9.91. The van der Waals surface area contributed by atoms with E-state index >= 15 is 0 Å². The number of para-hydroxylation sites is 2.